The van der Waals surface area contributed by atoms with E-state index in [1.807, 2.05) is 0 Å². The van der Waals surface area contributed by atoms with E-state index in [4.69, 9.17) is 5.73 Å². The van der Waals surface area contributed by atoms with Crippen LogP contribution in [0.5, 0.6) is 0 Å². The van der Waals surface area contributed by atoms with Gasteiger partial charge in [-0.15, -0.1) is 0 Å². The molecule has 0 rings (SSSR count). The molecule has 0 fully saturated rings. The van der Waals surface area contributed by atoms with Crippen LogP contribution in [-0.2, 0) is 0 Å². The number of hydrogen-bond donors (Lipinski definition) is 3. The molecule has 3 nitrogen and oxygen atoms in total. The third-order valence-electron chi connectivity index (χ3n) is 4.42. The highest BCUT2D eigenvalue weighted by Crippen LogP contribution is 2.29. The zero-order valence-corrected chi connectivity index (χ0v) is 14.9. The minimum absolute atomic E-state index is 0.323. The maximum atomic E-state index is 13.8. The van der Waals surface area contributed by atoms with Crippen molar-refractivity contribution in [1.29, 1.82) is 0 Å². The van der Waals surface area contributed by atoms with Crippen LogP contribution in [0.4, 0.5) is 8.78 Å². The molecule has 0 spiro atoms. The predicted molar refractivity (Wildman–Crippen MR) is 91.7 cm³/mol. The summed E-state index contributed by atoms with van der Waals surface area (Å²) in [5.41, 5.74) is 5.43. The summed E-state index contributed by atoms with van der Waals surface area (Å²) in [6.45, 7) is 3.74. The van der Waals surface area contributed by atoms with E-state index in [1.165, 1.54) is 45.4 Å². The van der Waals surface area contributed by atoms with E-state index in [2.05, 4.69) is 6.92 Å². The van der Waals surface area contributed by atoms with Crippen molar-refractivity contribution in [1.82, 2.24) is 0 Å². The Hall–Kier alpha value is -0.260. The molecule has 5 heteroatoms. The minimum atomic E-state index is -3.14. The maximum Gasteiger partial charge on any atom is 0.273 e. The predicted octanol–water partition coefficient (Wildman–Crippen LogP) is 4.39. The quantitative estimate of drug-likeness (QED) is 0.388. The van der Waals surface area contributed by atoms with Crippen molar-refractivity contribution >= 4 is 0 Å². The highest BCUT2D eigenvalue weighted by atomic mass is 19.3. The first-order valence-electron chi connectivity index (χ1n) is 9.30. The van der Waals surface area contributed by atoms with Crippen molar-refractivity contribution in [3.63, 3.8) is 0 Å². The Kier molecular flexibility index (Phi) is 12.9. The van der Waals surface area contributed by atoms with Crippen LogP contribution in [0, 0.1) is 0 Å². The molecule has 0 saturated carbocycles. The number of unbranched alkanes of at least 4 members (excludes halogenated alkanes) is 9. The van der Waals surface area contributed by atoms with Gasteiger partial charge in [0.2, 0.25) is 0 Å². The van der Waals surface area contributed by atoms with Crippen LogP contribution in [0.1, 0.15) is 90.9 Å². The summed E-state index contributed by atoms with van der Waals surface area (Å²) in [6, 6.07) is -0.613. The molecule has 23 heavy (non-hydrogen) atoms. The van der Waals surface area contributed by atoms with Crippen molar-refractivity contribution in [3.05, 3.63) is 0 Å². The largest absolute Gasteiger partial charge is 0.391 e. The van der Waals surface area contributed by atoms with E-state index < -0.39 is 24.2 Å². The Morgan fingerprint density at radius 2 is 1.30 bits per heavy atom. The Morgan fingerprint density at radius 3 is 1.74 bits per heavy atom. The van der Waals surface area contributed by atoms with Crippen LogP contribution in [0.2, 0.25) is 0 Å². The van der Waals surface area contributed by atoms with Gasteiger partial charge in [0.05, 0.1) is 6.10 Å². The number of aliphatic hydroxyl groups excluding tert-OH is 2. The van der Waals surface area contributed by atoms with Crippen molar-refractivity contribution < 1.29 is 19.0 Å². The van der Waals surface area contributed by atoms with Gasteiger partial charge in [-0.3, -0.25) is 0 Å². The third kappa shape index (κ3) is 11.8. The van der Waals surface area contributed by atoms with E-state index in [0.717, 1.165) is 19.3 Å². The summed E-state index contributed by atoms with van der Waals surface area (Å²) in [7, 11) is 0. The second kappa shape index (κ2) is 13.1. The lowest BCUT2D eigenvalue weighted by atomic mass is 9.97. The maximum absolute atomic E-state index is 13.8. The zero-order valence-electron chi connectivity index (χ0n) is 14.9. The molecule has 0 aliphatic rings. The fourth-order valence-electron chi connectivity index (χ4n) is 2.63. The first-order chi connectivity index (χ1) is 10.8. The van der Waals surface area contributed by atoms with Gasteiger partial charge in [-0.25, -0.2) is 8.78 Å². The average molecular weight is 337 g/mol. The summed E-state index contributed by atoms with van der Waals surface area (Å²) in [4.78, 5) is 0. The second-order valence-corrected chi connectivity index (χ2v) is 6.87. The van der Waals surface area contributed by atoms with Gasteiger partial charge in [0.15, 0.2) is 0 Å². The lowest BCUT2D eigenvalue weighted by Gasteiger charge is -2.25. The van der Waals surface area contributed by atoms with Gasteiger partial charge < -0.3 is 15.9 Å². The van der Waals surface area contributed by atoms with Crippen molar-refractivity contribution in [3.8, 4) is 0 Å². The molecular weight excluding hydrogens is 300 g/mol. The van der Waals surface area contributed by atoms with Crippen molar-refractivity contribution in [2.24, 2.45) is 5.73 Å². The Balaban J connectivity index is 3.65. The monoisotopic (exact) mass is 337 g/mol. The minimum Gasteiger partial charge on any atom is -0.391 e. The summed E-state index contributed by atoms with van der Waals surface area (Å²) in [6.07, 6.45) is 7.20. The zero-order chi connectivity index (χ0) is 17.7. The van der Waals surface area contributed by atoms with Crippen LogP contribution >= 0.6 is 0 Å². The van der Waals surface area contributed by atoms with Gasteiger partial charge >= 0.3 is 0 Å². The third-order valence-corrected chi connectivity index (χ3v) is 4.42. The van der Waals surface area contributed by atoms with Crippen LogP contribution in [0.3, 0.4) is 0 Å². The molecular formula is C18H37F2NO2. The smallest absolute Gasteiger partial charge is 0.273 e. The lowest BCUT2D eigenvalue weighted by molar-refractivity contribution is -0.128. The highest BCUT2D eigenvalue weighted by molar-refractivity contribution is 4.81. The molecule has 0 bridgehead atoms. The average Bonchev–Trinajstić information content (AvgIpc) is 2.48. The number of alkyl halides is 2. The van der Waals surface area contributed by atoms with Gasteiger partial charge in [-0.2, -0.15) is 0 Å². The van der Waals surface area contributed by atoms with E-state index in [-0.39, 0.29) is 12.8 Å². The summed E-state index contributed by atoms with van der Waals surface area (Å²) in [5.74, 6) is -3.14. The van der Waals surface area contributed by atoms with Gasteiger partial charge in [0.25, 0.3) is 5.92 Å². The highest BCUT2D eigenvalue weighted by Gasteiger charge is 2.38. The molecule has 140 valence electrons. The molecule has 3 atom stereocenters. The number of halogens is 2. The SMILES string of the molecule is CCCCCCCCCCCCC(F)(F)C(O)CC(O)[C@H](C)N. The van der Waals surface area contributed by atoms with Crippen molar-refractivity contribution in [2.75, 3.05) is 0 Å². The Morgan fingerprint density at radius 1 is 0.870 bits per heavy atom. The molecule has 0 heterocycles. The topological polar surface area (TPSA) is 66.5 Å². The van der Waals surface area contributed by atoms with E-state index in [0.29, 0.717) is 6.42 Å². The summed E-state index contributed by atoms with van der Waals surface area (Å²) < 4.78 is 27.6. The van der Waals surface area contributed by atoms with Crippen molar-refractivity contribution in [2.45, 2.75) is 115 Å². The van der Waals surface area contributed by atoms with Gasteiger partial charge in [0.1, 0.15) is 6.10 Å². The lowest BCUT2D eigenvalue weighted by Crippen LogP contribution is -2.41. The summed E-state index contributed by atoms with van der Waals surface area (Å²) >= 11 is 0. The van der Waals surface area contributed by atoms with E-state index >= 15 is 0 Å². The number of aliphatic hydroxyl groups is 2. The first kappa shape index (κ1) is 22.7. The fourth-order valence-corrected chi connectivity index (χ4v) is 2.63. The molecule has 0 aliphatic carbocycles. The molecule has 0 aliphatic heterocycles. The molecule has 0 amide bonds. The van der Waals surface area contributed by atoms with E-state index in [9.17, 15) is 19.0 Å². The van der Waals surface area contributed by atoms with Crippen LogP contribution in [0.25, 0.3) is 0 Å². The molecule has 0 aromatic heterocycles. The number of nitrogens with two attached hydrogens (primary N) is 1. The van der Waals surface area contributed by atoms with E-state index in [1.54, 1.807) is 0 Å². The van der Waals surface area contributed by atoms with Gasteiger partial charge in [-0.05, 0) is 13.3 Å². The number of rotatable bonds is 15. The Labute approximate surface area is 140 Å². The van der Waals surface area contributed by atoms with Crippen LogP contribution in [0.15, 0.2) is 0 Å². The van der Waals surface area contributed by atoms with Gasteiger partial charge in [-0.1, -0.05) is 64.7 Å². The van der Waals surface area contributed by atoms with Crippen LogP contribution in [-0.4, -0.2) is 34.4 Å². The normalized spacial score (nSPS) is 16.3. The summed E-state index contributed by atoms with van der Waals surface area (Å²) in [5, 5.41) is 19.1. The molecule has 2 unspecified atom stereocenters. The first-order valence-corrected chi connectivity index (χ1v) is 9.30. The fraction of sp³-hybridized carbons (Fsp3) is 1.00. The molecule has 0 radical (unpaired) electrons. The van der Waals surface area contributed by atoms with Gasteiger partial charge in [0, 0.05) is 18.9 Å². The standard InChI is InChI=1S/C18H37F2NO2/c1-3-4-5-6-7-8-9-10-11-12-13-18(19,20)17(23)14-16(22)15(2)21/h15-17,22-23H,3-14,21H2,1-2H3/t15-,16?,17?/m0/s1. The number of hydrogen-bond acceptors (Lipinski definition) is 3. The Bertz CT molecular complexity index is 276. The molecule has 0 aromatic carbocycles. The van der Waals surface area contributed by atoms with Crippen LogP contribution < -0.4 is 5.73 Å². The second-order valence-electron chi connectivity index (χ2n) is 6.87. The molecule has 0 aromatic rings. The molecule has 4 N–H and O–H groups in total. The molecule has 0 saturated heterocycles.